The molecule has 1 aromatic heterocycles. The van der Waals surface area contributed by atoms with Gasteiger partial charge in [-0.25, -0.2) is 0 Å². The van der Waals surface area contributed by atoms with Crippen LogP contribution < -0.4 is 19.5 Å². The van der Waals surface area contributed by atoms with Gasteiger partial charge in [0.05, 0.1) is 21.3 Å². The molecule has 29 heavy (non-hydrogen) atoms. The minimum Gasteiger partial charge on any atom is -0.493 e. The molecule has 3 rings (SSSR count). The summed E-state index contributed by atoms with van der Waals surface area (Å²) in [5.41, 5.74) is 2.37. The first-order valence-electron chi connectivity index (χ1n) is 9.03. The van der Waals surface area contributed by atoms with E-state index in [2.05, 4.69) is 15.5 Å². The summed E-state index contributed by atoms with van der Waals surface area (Å²) in [6, 6.07) is 11.0. The van der Waals surface area contributed by atoms with Crippen molar-refractivity contribution < 1.29 is 23.4 Å². The van der Waals surface area contributed by atoms with Gasteiger partial charge in [-0.3, -0.25) is 4.79 Å². The number of hydrogen-bond acceptors (Lipinski definition) is 7. The van der Waals surface area contributed by atoms with Crippen molar-refractivity contribution in [1.82, 2.24) is 15.5 Å². The first kappa shape index (κ1) is 20.2. The zero-order valence-corrected chi connectivity index (χ0v) is 16.8. The third-order valence-electron chi connectivity index (χ3n) is 4.28. The molecular formula is C21H23N3O5. The molecule has 0 atom stereocenters. The molecule has 0 bridgehead atoms. The molecule has 0 saturated heterocycles. The maximum atomic E-state index is 12.5. The van der Waals surface area contributed by atoms with E-state index in [9.17, 15) is 4.79 Å². The number of aryl methyl sites for hydroxylation is 1. The largest absolute Gasteiger partial charge is 0.493 e. The van der Waals surface area contributed by atoms with E-state index in [1.165, 1.54) is 21.3 Å². The second-order valence-electron chi connectivity index (χ2n) is 6.29. The molecule has 8 heteroatoms. The van der Waals surface area contributed by atoms with Gasteiger partial charge >= 0.3 is 0 Å². The van der Waals surface area contributed by atoms with E-state index in [1.54, 1.807) is 12.1 Å². The third kappa shape index (κ3) is 4.66. The summed E-state index contributed by atoms with van der Waals surface area (Å²) in [6.07, 6.45) is 0.412. The van der Waals surface area contributed by atoms with Crippen LogP contribution in [0.1, 0.15) is 21.8 Å². The molecule has 0 radical (unpaired) electrons. The number of rotatable bonds is 8. The van der Waals surface area contributed by atoms with Crippen molar-refractivity contribution in [3.63, 3.8) is 0 Å². The minimum absolute atomic E-state index is 0.275. The fourth-order valence-corrected chi connectivity index (χ4v) is 2.85. The molecule has 152 valence electrons. The normalized spacial score (nSPS) is 10.5. The van der Waals surface area contributed by atoms with Gasteiger partial charge in [0, 0.05) is 24.1 Å². The molecule has 0 saturated carbocycles. The molecule has 1 heterocycles. The van der Waals surface area contributed by atoms with Crippen LogP contribution in [0.2, 0.25) is 0 Å². The number of carbonyl (C=O) groups is 1. The van der Waals surface area contributed by atoms with Crippen molar-refractivity contribution >= 4 is 5.91 Å². The van der Waals surface area contributed by atoms with Crippen LogP contribution in [0, 0.1) is 6.92 Å². The van der Waals surface area contributed by atoms with Gasteiger partial charge in [0.25, 0.3) is 5.91 Å². The average molecular weight is 397 g/mol. The number of nitrogens with zero attached hydrogens (tertiary/aromatic N) is 2. The third-order valence-corrected chi connectivity index (χ3v) is 4.28. The van der Waals surface area contributed by atoms with Gasteiger partial charge in [-0.2, -0.15) is 0 Å². The van der Waals surface area contributed by atoms with Crippen molar-refractivity contribution in [1.29, 1.82) is 0 Å². The van der Waals surface area contributed by atoms with Gasteiger partial charge in [0.1, 0.15) is 0 Å². The standard InChI is InChI=1S/C21H23N3O5/c1-13-6-5-7-14(10-13)21-24-23-18(29-21)8-9-22-20(25)15-11-16(26-2)19(28-4)17(12-15)27-3/h5-7,10-12H,8-9H2,1-4H3,(H,22,25). The molecule has 3 aromatic rings. The van der Waals surface area contributed by atoms with Gasteiger partial charge in [-0.1, -0.05) is 17.7 Å². The van der Waals surface area contributed by atoms with Crippen LogP contribution in [0.3, 0.4) is 0 Å². The number of benzene rings is 2. The quantitative estimate of drug-likeness (QED) is 0.624. The Bertz CT molecular complexity index is 974. The second kappa shape index (κ2) is 9.09. The fourth-order valence-electron chi connectivity index (χ4n) is 2.85. The Morgan fingerprint density at radius 2 is 1.76 bits per heavy atom. The average Bonchev–Trinajstić information content (AvgIpc) is 3.21. The molecule has 0 aliphatic rings. The summed E-state index contributed by atoms with van der Waals surface area (Å²) in [7, 11) is 4.51. The smallest absolute Gasteiger partial charge is 0.251 e. The summed E-state index contributed by atoms with van der Waals surface area (Å²) in [4.78, 5) is 12.5. The lowest BCUT2D eigenvalue weighted by molar-refractivity contribution is 0.0952. The Labute approximate surface area is 168 Å². The van der Waals surface area contributed by atoms with Gasteiger partial charge in [0.2, 0.25) is 17.5 Å². The van der Waals surface area contributed by atoms with E-state index in [-0.39, 0.29) is 5.91 Å². The van der Waals surface area contributed by atoms with Gasteiger partial charge < -0.3 is 23.9 Å². The molecule has 0 aliphatic carbocycles. The summed E-state index contributed by atoms with van der Waals surface area (Å²) >= 11 is 0. The summed E-state index contributed by atoms with van der Waals surface area (Å²) < 4.78 is 21.5. The van der Waals surface area contributed by atoms with E-state index < -0.39 is 0 Å². The molecular weight excluding hydrogens is 374 g/mol. The highest BCUT2D eigenvalue weighted by molar-refractivity contribution is 5.95. The van der Waals surface area contributed by atoms with Crippen molar-refractivity contribution in [2.75, 3.05) is 27.9 Å². The molecule has 0 spiro atoms. The summed E-state index contributed by atoms with van der Waals surface area (Å²) in [5.74, 6) is 1.89. The Balaban J connectivity index is 1.63. The van der Waals surface area contributed by atoms with E-state index in [1.807, 2.05) is 31.2 Å². The molecule has 0 unspecified atom stereocenters. The van der Waals surface area contributed by atoms with Gasteiger partial charge in [-0.15, -0.1) is 10.2 Å². The Morgan fingerprint density at radius 3 is 2.38 bits per heavy atom. The predicted molar refractivity (Wildman–Crippen MR) is 107 cm³/mol. The predicted octanol–water partition coefficient (Wildman–Crippen LogP) is 3.04. The van der Waals surface area contributed by atoms with Crippen molar-refractivity contribution in [2.24, 2.45) is 0 Å². The summed E-state index contributed by atoms with van der Waals surface area (Å²) in [6.45, 7) is 2.34. The van der Waals surface area contributed by atoms with Crippen LogP contribution in [0.15, 0.2) is 40.8 Å². The molecule has 1 N–H and O–H groups in total. The number of nitrogens with one attached hydrogen (secondary N) is 1. The SMILES string of the molecule is COc1cc(C(=O)NCCc2nnc(-c3cccc(C)c3)o2)cc(OC)c1OC. The fraction of sp³-hybridized carbons (Fsp3) is 0.286. The van der Waals surface area contributed by atoms with E-state index in [0.29, 0.717) is 47.6 Å². The molecule has 1 amide bonds. The maximum Gasteiger partial charge on any atom is 0.251 e. The molecule has 0 fully saturated rings. The Morgan fingerprint density at radius 1 is 1.03 bits per heavy atom. The molecule has 0 aliphatic heterocycles. The Kier molecular flexibility index (Phi) is 6.33. The monoisotopic (exact) mass is 397 g/mol. The van der Waals surface area contributed by atoms with Crippen molar-refractivity contribution in [3.8, 4) is 28.7 Å². The Hall–Kier alpha value is -3.55. The van der Waals surface area contributed by atoms with Crippen LogP contribution >= 0.6 is 0 Å². The van der Waals surface area contributed by atoms with E-state index in [0.717, 1.165) is 11.1 Å². The lowest BCUT2D eigenvalue weighted by Gasteiger charge is -2.14. The minimum atomic E-state index is -0.275. The highest BCUT2D eigenvalue weighted by atomic mass is 16.5. The summed E-state index contributed by atoms with van der Waals surface area (Å²) in [5, 5.41) is 10.9. The highest BCUT2D eigenvalue weighted by Gasteiger charge is 2.17. The van der Waals surface area contributed by atoms with Crippen molar-refractivity contribution in [3.05, 3.63) is 53.4 Å². The first-order valence-corrected chi connectivity index (χ1v) is 9.03. The van der Waals surface area contributed by atoms with Crippen LogP contribution in [-0.4, -0.2) is 44.0 Å². The lowest BCUT2D eigenvalue weighted by atomic mass is 10.1. The molecule has 2 aromatic carbocycles. The molecule has 8 nitrogen and oxygen atoms in total. The lowest BCUT2D eigenvalue weighted by Crippen LogP contribution is -2.25. The van der Waals surface area contributed by atoms with Crippen molar-refractivity contribution in [2.45, 2.75) is 13.3 Å². The van der Waals surface area contributed by atoms with E-state index >= 15 is 0 Å². The zero-order chi connectivity index (χ0) is 20.8. The van der Waals surface area contributed by atoms with Crippen LogP contribution in [-0.2, 0) is 6.42 Å². The second-order valence-corrected chi connectivity index (χ2v) is 6.29. The van der Waals surface area contributed by atoms with Gasteiger partial charge in [-0.05, 0) is 31.2 Å². The van der Waals surface area contributed by atoms with Gasteiger partial charge in [0.15, 0.2) is 11.5 Å². The number of carbonyl (C=O) groups excluding carboxylic acids is 1. The van der Waals surface area contributed by atoms with Crippen LogP contribution in [0.4, 0.5) is 0 Å². The number of amides is 1. The number of methoxy groups -OCH3 is 3. The number of ether oxygens (including phenoxy) is 3. The maximum absolute atomic E-state index is 12.5. The van der Waals surface area contributed by atoms with Crippen LogP contribution in [0.5, 0.6) is 17.2 Å². The topological polar surface area (TPSA) is 95.7 Å². The van der Waals surface area contributed by atoms with E-state index in [4.69, 9.17) is 18.6 Å². The van der Waals surface area contributed by atoms with Crippen LogP contribution in [0.25, 0.3) is 11.5 Å². The first-order chi connectivity index (χ1) is 14.0. The zero-order valence-electron chi connectivity index (χ0n) is 16.8. The highest BCUT2D eigenvalue weighted by Crippen LogP contribution is 2.38. The number of hydrogen-bond donors (Lipinski definition) is 1. The number of aromatic nitrogens is 2.